The largest absolute Gasteiger partial charge is 0.481 e. The average Bonchev–Trinajstić information content (AvgIpc) is 2.71. The predicted molar refractivity (Wildman–Crippen MR) is 109 cm³/mol. The van der Waals surface area contributed by atoms with Gasteiger partial charge in [-0.2, -0.15) is 0 Å². The molecule has 1 rings (SSSR count). The summed E-state index contributed by atoms with van der Waals surface area (Å²) in [7, 11) is 0. The van der Waals surface area contributed by atoms with Crippen molar-refractivity contribution in [3.05, 3.63) is 35.9 Å². The number of carbonyl (C=O) groups excluding carboxylic acids is 3. The van der Waals surface area contributed by atoms with Gasteiger partial charge in [0.15, 0.2) is 0 Å². The lowest BCUT2D eigenvalue weighted by molar-refractivity contribution is -0.140. The van der Waals surface area contributed by atoms with E-state index in [-0.39, 0.29) is 12.8 Å². The first-order chi connectivity index (χ1) is 13.8. The molecule has 0 spiro atoms. The van der Waals surface area contributed by atoms with E-state index in [1.807, 2.05) is 30.3 Å². The molecule has 1 aromatic carbocycles. The molecule has 160 valence electrons. The van der Waals surface area contributed by atoms with E-state index in [1.165, 1.54) is 0 Å². The minimum Gasteiger partial charge on any atom is -0.481 e. The summed E-state index contributed by atoms with van der Waals surface area (Å²) in [5, 5.41) is 14.0. The summed E-state index contributed by atoms with van der Waals surface area (Å²) in [6, 6.07) is 8.62. The Kier molecular flexibility index (Phi) is 11.3. The van der Waals surface area contributed by atoms with Crippen LogP contribution in [0.15, 0.2) is 30.3 Å². The van der Waals surface area contributed by atoms with Gasteiger partial charge in [-0.1, -0.05) is 37.3 Å². The fourth-order valence-electron chi connectivity index (χ4n) is 2.76. The van der Waals surface area contributed by atoms with Gasteiger partial charge in [0.25, 0.3) is 5.91 Å². The van der Waals surface area contributed by atoms with Gasteiger partial charge in [-0.25, -0.2) is 0 Å². The van der Waals surface area contributed by atoms with Gasteiger partial charge in [-0.3, -0.25) is 19.2 Å². The van der Waals surface area contributed by atoms with E-state index in [1.54, 1.807) is 6.92 Å². The summed E-state index contributed by atoms with van der Waals surface area (Å²) in [5.74, 6) is -3.43. The van der Waals surface area contributed by atoms with Gasteiger partial charge in [0, 0.05) is 18.9 Å². The monoisotopic (exact) mass is 405 g/mol. The first-order valence-electron chi connectivity index (χ1n) is 9.93. The van der Waals surface area contributed by atoms with Gasteiger partial charge < -0.3 is 21.5 Å². The molecular weight excluding hydrogens is 374 g/mol. The molecule has 0 bridgehead atoms. The summed E-state index contributed by atoms with van der Waals surface area (Å²) in [5.41, 5.74) is 6.52. The van der Waals surface area contributed by atoms with E-state index in [9.17, 15) is 19.2 Å². The van der Waals surface area contributed by atoms with Crippen molar-refractivity contribution < 1.29 is 24.3 Å². The van der Waals surface area contributed by atoms with Gasteiger partial charge >= 0.3 is 5.97 Å². The fourth-order valence-corrected chi connectivity index (χ4v) is 2.76. The van der Waals surface area contributed by atoms with Crippen LogP contribution in [0.1, 0.15) is 44.6 Å². The van der Waals surface area contributed by atoms with Crippen molar-refractivity contribution in [2.24, 2.45) is 11.7 Å². The molecule has 5 N–H and O–H groups in total. The van der Waals surface area contributed by atoms with Crippen LogP contribution in [-0.4, -0.2) is 47.8 Å². The summed E-state index contributed by atoms with van der Waals surface area (Å²) in [4.78, 5) is 47.8. The summed E-state index contributed by atoms with van der Waals surface area (Å²) < 4.78 is 0. The SMILES string of the molecule is C[C@@H](CCC(=O)O)C(=O)N[C@@H](CCCCN)C(=O)C(=O)NCCc1ccccc1. The summed E-state index contributed by atoms with van der Waals surface area (Å²) >= 11 is 0. The molecule has 0 aromatic heterocycles. The number of rotatable bonds is 14. The molecule has 0 aliphatic carbocycles. The van der Waals surface area contributed by atoms with Crippen molar-refractivity contribution in [1.82, 2.24) is 10.6 Å². The maximum atomic E-state index is 12.6. The standard InChI is InChI=1S/C21H31N3O5/c1-15(10-11-18(25)26)20(28)24-17(9-5-6-13-22)19(27)21(29)23-14-12-16-7-3-2-4-8-16/h2-4,7-8,15,17H,5-6,9-14,22H2,1H3,(H,23,29)(H,24,28)(H,25,26)/t15-,17-/m0/s1. The molecule has 0 unspecified atom stereocenters. The molecule has 0 saturated heterocycles. The number of carbonyl (C=O) groups is 4. The lowest BCUT2D eigenvalue weighted by Crippen LogP contribution is -2.49. The van der Waals surface area contributed by atoms with E-state index in [4.69, 9.17) is 10.8 Å². The predicted octanol–water partition coefficient (Wildman–Crippen LogP) is 1.03. The Morgan fingerprint density at radius 2 is 1.76 bits per heavy atom. The number of unbranched alkanes of at least 4 members (excludes halogenated alkanes) is 1. The molecule has 2 atom stereocenters. The second kappa shape index (κ2) is 13.4. The van der Waals surface area contributed by atoms with Crippen molar-refractivity contribution in [2.75, 3.05) is 13.1 Å². The van der Waals surface area contributed by atoms with Crippen LogP contribution in [0.5, 0.6) is 0 Å². The van der Waals surface area contributed by atoms with E-state index in [0.29, 0.717) is 38.8 Å². The Morgan fingerprint density at radius 1 is 1.07 bits per heavy atom. The highest BCUT2D eigenvalue weighted by Crippen LogP contribution is 2.09. The average molecular weight is 405 g/mol. The van der Waals surface area contributed by atoms with Gasteiger partial charge in [-0.15, -0.1) is 0 Å². The van der Waals surface area contributed by atoms with Gasteiger partial charge in [0.2, 0.25) is 11.7 Å². The number of hydrogen-bond acceptors (Lipinski definition) is 5. The molecule has 8 heteroatoms. The lowest BCUT2D eigenvalue weighted by Gasteiger charge is -2.19. The molecule has 0 saturated carbocycles. The maximum Gasteiger partial charge on any atom is 0.303 e. The van der Waals surface area contributed by atoms with Gasteiger partial charge in [0.1, 0.15) is 0 Å². The highest BCUT2D eigenvalue weighted by atomic mass is 16.4. The molecule has 1 aromatic rings. The second-order valence-corrected chi connectivity index (χ2v) is 7.03. The van der Waals surface area contributed by atoms with Crippen LogP contribution >= 0.6 is 0 Å². The molecule has 29 heavy (non-hydrogen) atoms. The minimum absolute atomic E-state index is 0.139. The number of nitrogens with two attached hydrogens (primary N) is 1. The molecule has 8 nitrogen and oxygen atoms in total. The number of carboxylic acid groups (broad SMARTS) is 1. The number of aliphatic carboxylic acids is 1. The van der Waals surface area contributed by atoms with E-state index in [2.05, 4.69) is 10.6 Å². The fraction of sp³-hybridized carbons (Fsp3) is 0.524. The molecule has 0 aliphatic heterocycles. The van der Waals surface area contributed by atoms with Crippen molar-refractivity contribution in [3.63, 3.8) is 0 Å². The van der Waals surface area contributed by atoms with Crippen molar-refractivity contribution >= 4 is 23.6 Å². The van der Waals surface area contributed by atoms with E-state index < -0.39 is 35.5 Å². The zero-order chi connectivity index (χ0) is 21.6. The van der Waals surface area contributed by atoms with E-state index >= 15 is 0 Å². The number of amides is 2. The van der Waals surface area contributed by atoms with Gasteiger partial charge in [-0.05, 0) is 44.2 Å². The molecular formula is C21H31N3O5. The lowest BCUT2D eigenvalue weighted by atomic mass is 10.0. The normalized spacial score (nSPS) is 12.6. The quantitative estimate of drug-likeness (QED) is 0.269. The van der Waals surface area contributed by atoms with Crippen LogP contribution in [0.3, 0.4) is 0 Å². The van der Waals surface area contributed by atoms with Crippen LogP contribution < -0.4 is 16.4 Å². The Hall–Kier alpha value is -2.74. The van der Waals surface area contributed by atoms with Crippen LogP contribution in [0.25, 0.3) is 0 Å². The van der Waals surface area contributed by atoms with Gasteiger partial charge in [0.05, 0.1) is 6.04 Å². The first kappa shape index (κ1) is 24.3. The summed E-state index contributed by atoms with van der Waals surface area (Å²) in [6.45, 7) is 2.36. The summed E-state index contributed by atoms with van der Waals surface area (Å²) in [6.07, 6.45) is 2.18. The smallest absolute Gasteiger partial charge is 0.303 e. The molecule has 2 amide bonds. The number of carboxylic acids is 1. The number of Topliss-reactive ketones (excluding diaryl/α,β-unsaturated/α-hetero) is 1. The van der Waals surface area contributed by atoms with Crippen molar-refractivity contribution in [3.8, 4) is 0 Å². The molecule has 0 aliphatic rings. The third-order valence-electron chi connectivity index (χ3n) is 4.58. The minimum atomic E-state index is -0.988. The Bertz CT molecular complexity index is 678. The second-order valence-electron chi connectivity index (χ2n) is 7.03. The Morgan fingerprint density at radius 3 is 2.38 bits per heavy atom. The van der Waals surface area contributed by atoms with Crippen LogP contribution in [0.4, 0.5) is 0 Å². The molecule has 0 fully saturated rings. The number of hydrogen-bond donors (Lipinski definition) is 4. The Labute approximate surface area is 171 Å². The zero-order valence-electron chi connectivity index (χ0n) is 16.9. The highest BCUT2D eigenvalue weighted by Gasteiger charge is 2.28. The van der Waals surface area contributed by atoms with Crippen LogP contribution in [0.2, 0.25) is 0 Å². The molecule has 0 radical (unpaired) electrons. The van der Waals surface area contributed by atoms with Crippen molar-refractivity contribution in [2.45, 2.75) is 51.5 Å². The maximum absolute atomic E-state index is 12.6. The highest BCUT2D eigenvalue weighted by molar-refractivity contribution is 6.38. The topological polar surface area (TPSA) is 139 Å². The third-order valence-corrected chi connectivity index (χ3v) is 4.58. The first-order valence-corrected chi connectivity index (χ1v) is 9.93. The third kappa shape index (κ3) is 9.84. The number of ketones is 1. The van der Waals surface area contributed by atoms with Crippen molar-refractivity contribution in [1.29, 1.82) is 0 Å². The molecule has 0 heterocycles. The zero-order valence-corrected chi connectivity index (χ0v) is 16.9. The van der Waals surface area contributed by atoms with E-state index in [0.717, 1.165) is 5.56 Å². The van der Waals surface area contributed by atoms with Crippen LogP contribution in [0, 0.1) is 5.92 Å². The Balaban J connectivity index is 2.60. The van der Waals surface area contributed by atoms with Crippen LogP contribution in [-0.2, 0) is 25.6 Å². The number of nitrogens with one attached hydrogen (secondary N) is 2. The number of benzene rings is 1.